The van der Waals surface area contributed by atoms with Gasteiger partial charge in [0.25, 0.3) is 0 Å². The van der Waals surface area contributed by atoms with E-state index in [1.54, 1.807) is 11.3 Å². The Balaban J connectivity index is 1.62. The van der Waals surface area contributed by atoms with E-state index in [4.69, 9.17) is 0 Å². The van der Waals surface area contributed by atoms with Crippen molar-refractivity contribution in [1.29, 1.82) is 0 Å². The molecule has 1 aromatic heterocycles. The zero-order valence-electron chi connectivity index (χ0n) is 13.2. The van der Waals surface area contributed by atoms with Crippen LogP contribution >= 0.6 is 11.3 Å². The third kappa shape index (κ3) is 5.40. The maximum absolute atomic E-state index is 11.9. The van der Waals surface area contributed by atoms with E-state index in [1.165, 1.54) is 23.4 Å². The maximum atomic E-state index is 11.9. The van der Waals surface area contributed by atoms with E-state index in [0.717, 1.165) is 43.3 Å². The van der Waals surface area contributed by atoms with Gasteiger partial charge in [-0.15, -0.1) is 11.3 Å². The van der Waals surface area contributed by atoms with Crippen molar-refractivity contribution in [2.45, 2.75) is 52.4 Å². The first kappa shape index (κ1) is 16.4. The Morgan fingerprint density at radius 3 is 2.86 bits per heavy atom. The molecule has 21 heavy (non-hydrogen) atoms. The molecule has 0 radical (unpaired) electrons. The molecule has 1 amide bonds. The summed E-state index contributed by atoms with van der Waals surface area (Å²) in [4.78, 5) is 17.8. The fourth-order valence-electron chi connectivity index (χ4n) is 2.83. The van der Waals surface area contributed by atoms with Crippen LogP contribution in [0.3, 0.4) is 0 Å². The Morgan fingerprint density at radius 1 is 1.43 bits per heavy atom. The molecular weight excluding hydrogens is 282 g/mol. The van der Waals surface area contributed by atoms with Crippen LogP contribution in [0.15, 0.2) is 0 Å². The number of carbonyl (C=O) groups is 1. The van der Waals surface area contributed by atoms with Crippen molar-refractivity contribution < 1.29 is 4.79 Å². The fourth-order valence-corrected chi connectivity index (χ4v) is 3.85. The lowest BCUT2D eigenvalue weighted by molar-refractivity contribution is -0.121. The third-order valence-electron chi connectivity index (χ3n) is 4.17. The lowest BCUT2D eigenvalue weighted by Crippen LogP contribution is -2.30. The number of hydrogen-bond donors (Lipinski definition) is 2. The number of hydrogen-bond acceptors (Lipinski definition) is 4. The van der Waals surface area contributed by atoms with Crippen LogP contribution in [0.25, 0.3) is 0 Å². The lowest BCUT2D eigenvalue weighted by Gasteiger charge is -2.22. The molecule has 5 heteroatoms. The van der Waals surface area contributed by atoms with Crippen LogP contribution in [0.4, 0.5) is 0 Å². The van der Waals surface area contributed by atoms with E-state index in [-0.39, 0.29) is 5.91 Å². The highest BCUT2D eigenvalue weighted by Crippen LogP contribution is 2.19. The molecule has 2 rings (SSSR count). The molecule has 1 aliphatic heterocycles. The molecular formula is C16H27N3OS. The Bertz CT molecular complexity index is 452. The number of nitrogens with one attached hydrogen (secondary N) is 2. The second kappa shape index (κ2) is 8.49. The van der Waals surface area contributed by atoms with E-state index in [1.807, 2.05) is 0 Å². The number of amides is 1. The predicted octanol–water partition coefficient (Wildman–Crippen LogP) is 2.45. The van der Waals surface area contributed by atoms with Gasteiger partial charge in [-0.1, -0.05) is 6.92 Å². The van der Waals surface area contributed by atoms with Gasteiger partial charge < -0.3 is 10.6 Å². The van der Waals surface area contributed by atoms with Crippen molar-refractivity contribution in [2.75, 3.05) is 19.6 Å². The van der Waals surface area contributed by atoms with Crippen molar-refractivity contribution in [2.24, 2.45) is 5.92 Å². The quantitative estimate of drug-likeness (QED) is 0.813. The van der Waals surface area contributed by atoms with Crippen LogP contribution in [0, 0.1) is 12.8 Å². The number of aromatic nitrogens is 1. The Morgan fingerprint density at radius 2 is 2.19 bits per heavy atom. The minimum absolute atomic E-state index is 0.192. The second-order valence-corrected chi connectivity index (χ2v) is 7.08. The summed E-state index contributed by atoms with van der Waals surface area (Å²) in [6, 6.07) is 0. The van der Waals surface area contributed by atoms with Crippen LogP contribution in [-0.4, -0.2) is 30.5 Å². The minimum Gasteiger partial charge on any atom is -0.356 e. The van der Waals surface area contributed by atoms with E-state index in [9.17, 15) is 4.79 Å². The topological polar surface area (TPSA) is 54.0 Å². The predicted molar refractivity (Wildman–Crippen MR) is 87.8 cm³/mol. The number of carbonyl (C=O) groups excluding carboxylic acids is 1. The van der Waals surface area contributed by atoms with E-state index in [2.05, 4.69) is 29.5 Å². The Labute approximate surface area is 131 Å². The zero-order valence-corrected chi connectivity index (χ0v) is 14.0. The van der Waals surface area contributed by atoms with Crippen molar-refractivity contribution >= 4 is 17.2 Å². The van der Waals surface area contributed by atoms with Crippen LogP contribution in [0.1, 0.15) is 48.2 Å². The third-order valence-corrected chi connectivity index (χ3v) is 5.24. The summed E-state index contributed by atoms with van der Waals surface area (Å²) in [5, 5.41) is 7.53. The highest BCUT2D eigenvalue weighted by molar-refractivity contribution is 7.11. The van der Waals surface area contributed by atoms with Crippen molar-refractivity contribution in [3.05, 3.63) is 15.6 Å². The van der Waals surface area contributed by atoms with Gasteiger partial charge in [-0.3, -0.25) is 4.79 Å². The number of aryl methyl sites for hydroxylation is 2. The van der Waals surface area contributed by atoms with Gasteiger partial charge in [-0.2, -0.15) is 0 Å². The molecule has 1 saturated heterocycles. The van der Waals surface area contributed by atoms with E-state index in [0.29, 0.717) is 13.0 Å². The number of thiazole rings is 1. The maximum Gasteiger partial charge on any atom is 0.220 e. The lowest BCUT2D eigenvalue weighted by atomic mass is 9.93. The van der Waals surface area contributed by atoms with Gasteiger partial charge >= 0.3 is 0 Å². The van der Waals surface area contributed by atoms with Crippen molar-refractivity contribution in [1.82, 2.24) is 15.6 Å². The van der Waals surface area contributed by atoms with Crippen LogP contribution in [-0.2, 0) is 17.6 Å². The van der Waals surface area contributed by atoms with Gasteiger partial charge in [0.2, 0.25) is 5.91 Å². The molecule has 0 atom stereocenters. The first-order valence-corrected chi connectivity index (χ1v) is 8.93. The van der Waals surface area contributed by atoms with Crippen molar-refractivity contribution in [3.63, 3.8) is 0 Å². The van der Waals surface area contributed by atoms with Gasteiger partial charge in [-0.05, 0) is 51.6 Å². The monoisotopic (exact) mass is 309 g/mol. The molecule has 4 nitrogen and oxygen atoms in total. The standard InChI is InChI=1S/C16H27N3OS/c1-3-14-12(2)21-16(19-14)8-11-18-15(20)5-4-13-6-9-17-10-7-13/h13,17H,3-11H2,1-2H3,(H,18,20). The van der Waals surface area contributed by atoms with Crippen LogP contribution in [0.2, 0.25) is 0 Å². The molecule has 0 spiro atoms. The van der Waals surface area contributed by atoms with Crippen LogP contribution in [0.5, 0.6) is 0 Å². The summed E-state index contributed by atoms with van der Waals surface area (Å²) in [7, 11) is 0. The molecule has 0 aromatic carbocycles. The molecule has 2 N–H and O–H groups in total. The van der Waals surface area contributed by atoms with Gasteiger partial charge in [0.15, 0.2) is 0 Å². The summed E-state index contributed by atoms with van der Waals surface area (Å²) in [5.74, 6) is 0.920. The molecule has 118 valence electrons. The Kier molecular flexibility index (Phi) is 6.64. The second-order valence-electron chi connectivity index (χ2n) is 5.80. The molecule has 1 aromatic rings. The van der Waals surface area contributed by atoms with Gasteiger partial charge in [0, 0.05) is 24.3 Å². The smallest absolute Gasteiger partial charge is 0.220 e. The van der Waals surface area contributed by atoms with E-state index < -0.39 is 0 Å². The SMILES string of the molecule is CCc1nc(CCNC(=O)CCC2CCNCC2)sc1C. The van der Waals surface area contributed by atoms with Gasteiger partial charge in [0.1, 0.15) is 0 Å². The molecule has 2 heterocycles. The molecule has 0 unspecified atom stereocenters. The largest absolute Gasteiger partial charge is 0.356 e. The molecule has 0 bridgehead atoms. The number of piperidine rings is 1. The molecule has 0 aliphatic carbocycles. The summed E-state index contributed by atoms with van der Waals surface area (Å²) in [5.41, 5.74) is 1.20. The van der Waals surface area contributed by atoms with Crippen LogP contribution < -0.4 is 10.6 Å². The summed E-state index contributed by atoms with van der Waals surface area (Å²) < 4.78 is 0. The first-order chi connectivity index (χ1) is 10.2. The van der Waals surface area contributed by atoms with Gasteiger partial charge in [-0.25, -0.2) is 4.98 Å². The molecule has 1 fully saturated rings. The number of nitrogens with zero attached hydrogens (tertiary/aromatic N) is 1. The van der Waals surface area contributed by atoms with Gasteiger partial charge in [0.05, 0.1) is 10.7 Å². The first-order valence-electron chi connectivity index (χ1n) is 8.11. The summed E-state index contributed by atoms with van der Waals surface area (Å²) >= 11 is 1.76. The van der Waals surface area contributed by atoms with E-state index >= 15 is 0 Å². The Hall–Kier alpha value is -0.940. The highest BCUT2D eigenvalue weighted by Gasteiger charge is 2.14. The minimum atomic E-state index is 0.192. The number of rotatable bonds is 7. The average molecular weight is 309 g/mol. The fraction of sp³-hybridized carbons (Fsp3) is 0.750. The molecule has 0 saturated carbocycles. The summed E-state index contributed by atoms with van der Waals surface area (Å²) in [6.07, 6.45) is 5.97. The summed E-state index contributed by atoms with van der Waals surface area (Å²) in [6.45, 7) is 7.18. The zero-order chi connectivity index (χ0) is 15.1. The highest BCUT2D eigenvalue weighted by atomic mass is 32.1. The normalized spacial score (nSPS) is 16.1. The molecule has 1 aliphatic rings. The van der Waals surface area contributed by atoms with Crippen molar-refractivity contribution in [3.8, 4) is 0 Å². The average Bonchev–Trinajstić information content (AvgIpc) is 2.86.